The fourth-order valence-electron chi connectivity index (χ4n) is 1.75. The van der Waals surface area contributed by atoms with Gasteiger partial charge in [0.2, 0.25) is 0 Å². The molecule has 2 rings (SSSR count). The Morgan fingerprint density at radius 2 is 1.67 bits per heavy atom. The minimum atomic E-state index is -0.721. The Labute approximate surface area is 124 Å². The Hall–Kier alpha value is -2.16. The molecule has 4 amide bonds. The molecule has 1 fully saturated rings. The topological polar surface area (TPSA) is 101 Å². The smallest absolute Gasteiger partial charge is 0.329 e. The van der Waals surface area contributed by atoms with E-state index in [0.717, 1.165) is 16.7 Å². The molecule has 0 unspecified atom stereocenters. The summed E-state index contributed by atoms with van der Waals surface area (Å²) in [5, 5.41) is 0.486. The molecule has 8 nitrogen and oxygen atoms in total. The van der Waals surface area contributed by atoms with Crippen molar-refractivity contribution >= 4 is 41.4 Å². The van der Waals surface area contributed by atoms with Crippen LogP contribution in [0.15, 0.2) is 12.2 Å². The Balaban J connectivity index is 1.66. The summed E-state index contributed by atoms with van der Waals surface area (Å²) in [5.41, 5.74) is 0. The van der Waals surface area contributed by atoms with Crippen LogP contribution in [0.1, 0.15) is 12.8 Å². The number of nitrogens with zero attached hydrogens (tertiary/aromatic N) is 2. The second-order valence-corrected chi connectivity index (χ2v) is 5.36. The van der Waals surface area contributed by atoms with Crippen LogP contribution in [0.2, 0.25) is 0 Å². The van der Waals surface area contributed by atoms with E-state index < -0.39 is 17.8 Å². The molecule has 0 atom stereocenters. The zero-order chi connectivity index (χ0) is 15.4. The second-order valence-electron chi connectivity index (χ2n) is 4.26. The fraction of sp³-hybridized carbons (Fsp3) is 0.417. The lowest BCUT2D eigenvalue weighted by Crippen LogP contribution is -2.33. The molecule has 2 aliphatic heterocycles. The van der Waals surface area contributed by atoms with Gasteiger partial charge >= 0.3 is 5.97 Å². The third kappa shape index (κ3) is 3.69. The quantitative estimate of drug-likeness (QED) is 0.470. The minimum absolute atomic E-state index is 0.0471. The minimum Gasteiger partial charge on any atom is -0.329 e. The van der Waals surface area contributed by atoms with Crippen LogP contribution >= 0.6 is 11.8 Å². The molecule has 112 valence electrons. The van der Waals surface area contributed by atoms with Crippen molar-refractivity contribution in [2.24, 2.45) is 0 Å². The van der Waals surface area contributed by atoms with Crippen LogP contribution in [0.25, 0.3) is 0 Å². The molecule has 0 spiro atoms. The average molecular weight is 312 g/mol. The maximum atomic E-state index is 11.5. The van der Waals surface area contributed by atoms with Gasteiger partial charge in [0, 0.05) is 37.3 Å². The number of hydrogen-bond donors (Lipinski definition) is 0. The molecule has 1 saturated heterocycles. The van der Waals surface area contributed by atoms with E-state index in [4.69, 9.17) is 0 Å². The van der Waals surface area contributed by atoms with E-state index in [0.29, 0.717) is 10.8 Å². The monoisotopic (exact) mass is 312 g/mol. The summed E-state index contributed by atoms with van der Waals surface area (Å²) < 4.78 is 0. The van der Waals surface area contributed by atoms with Crippen molar-refractivity contribution in [2.75, 3.05) is 18.1 Å². The van der Waals surface area contributed by atoms with Gasteiger partial charge in [-0.2, -0.15) is 0 Å². The lowest BCUT2D eigenvalue weighted by atomic mass is 10.4. The molecule has 0 aromatic carbocycles. The highest BCUT2D eigenvalue weighted by Crippen LogP contribution is 2.13. The largest absolute Gasteiger partial charge is 0.342 e. The Morgan fingerprint density at radius 1 is 1.10 bits per heavy atom. The molecule has 21 heavy (non-hydrogen) atoms. The number of hydrogen-bond acceptors (Lipinski definition) is 7. The number of carbonyl (C=O) groups is 5. The lowest BCUT2D eigenvalue weighted by Gasteiger charge is -2.14. The van der Waals surface area contributed by atoms with Crippen LogP contribution in [-0.2, 0) is 28.8 Å². The summed E-state index contributed by atoms with van der Waals surface area (Å²) in [6.45, 7) is 0.185. The molecule has 2 aliphatic rings. The Morgan fingerprint density at radius 3 is 2.24 bits per heavy atom. The van der Waals surface area contributed by atoms with Crippen LogP contribution in [0.5, 0.6) is 0 Å². The van der Waals surface area contributed by atoms with Crippen molar-refractivity contribution in [3.05, 3.63) is 12.2 Å². The van der Waals surface area contributed by atoms with Gasteiger partial charge in [-0.05, 0) is 0 Å². The van der Waals surface area contributed by atoms with E-state index in [1.54, 1.807) is 0 Å². The van der Waals surface area contributed by atoms with Crippen LogP contribution < -0.4 is 0 Å². The summed E-state index contributed by atoms with van der Waals surface area (Å²) in [6, 6.07) is 0. The molecule has 0 N–H and O–H groups in total. The lowest BCUT2D eigenvalue weighted by molar-refractivity contribution is -0.195. The molecule has 0 aliphatic carbocycles. The van der Waals surface area contributed by atoms with Crippen LogP contribution in [0.4, 0.5) is 0 Å². The summed E-state index contributed by atoms with van der Waals surface area (Å²) in [7, 11) is 0. The number of imide groups is 2. The predicted octanol–water partition coefficient (Wildman–Crippen LogP) is -0.748. The van der Waals surface area contributed by atoms with Gasteiger partial charge in [-0.25, -0.2) is 4.79 Å². The standard InChI is InChI=1S/C12H12N2O6S/c15-8-1-2-9(16)13(8)5-6-21-7-12(19)20-14-10(17)3-4-11(14)18/h1-2H,3-7H2. The van der Waals surface area contributed by atoms with Gasteiger partial charge in [-0.3, -0.25) is 24.1 Å². The van der Waals surface area contributed by atoms with Gasteiger partial charge in [0.15, 0.2) is 0 Å². The van der Waals surface area contributed by atoms with E-state index in [1.807, 2.05) is 0 Å². The van der Waals surface area contributed by atoms with Gasteiger partial charge < -0.3 is 4.84 Å². The molecule has 9 heteroatoms. The number of thioether (sulfide) groups is 1. The van der Waals surface area contributed by atoms with Crippen molar-refractivity contribution in [1.29, 1.82) is 0 Å². The van der Waals surface area contributed by atoms with E-state index in [1.165, 1.54) is 12.2 Å². The SMILES string of the molecule is O=C(CSCCN1C(=O)C=CC1=O)ON1C(=O)CCC1=O. The Bertz CT molecular complexity index is 510. The van der Waals surface area contributed by atoms with E-state index in [-0.39, 0.29) is 37.0 Å². The first-order chi connectivity index (χ1) is 9.99. The average Bonchev–Trinajstić information content (AvgIpc) is 2.92. The van der Waals surface area contributed by atoms with Crippen molar-refractivity contribution in [3.8, 4) is 0 Å². The normalized spacial score (nSPS) is 18.1. The summed E-state index contributed by atoms with van der Waals surface area (Å²) >= 11 is 1.14. The van der Waals surface area contributed by atoms with Gasteiger partial charge in [-0.15, -0.1) is 16.8 Å². The third-order valence-electron chi connectivity index (χ3n) is 2.78. The molecular weight excluding hydrogens is 300 g/mol. The van der Waals surface area contributed by atoms with Crippen LogP contribution in [0.3, 0.4) is 0 Å². The molecule has 0 saturated carbocycles. The highest BCUT2D eigenvalue weighted by Gasteiger charge is 2.32. The van der Waals surface area contributed by atoms with Crippen LogP contribution in [0, 0.1) is 0 Å². The molecule has 0 radical (unpaired) electrons. The first-order valence-electron chi connectivity index (χ1n) is 6.17. The fourth-order valence-corrected chi connectivity index (χ4v) is 2.42. The highest BCUT2D eigenvalue weighted by atomic mass is 32.2. The first kappa shape index (κ1) is 15.2. The van der Waals surface area contributed by atoms with E-state index >= 15 is 0 Å². The van der Waals surface area contributed by atoms with Crippen molar-refractivity contribution < 1.29 is 28.8 Å². The third-order valence-corrected chi connectivity index (χ3v) is 3.69. The van der Waals surface area contributed by atoms with Gasteiger partial charge in [0.05, 0.1) is 5.75 Å². The summed E-state index contributed by atoms with van der Waals surface area (Å²) in [5.74, 6) is -2.26. The van der Waals surface area contributed by atoms with Crippen LogP contribution in [-0.4, -0.2) is 57.6 Å². The zero-order valence-corrected chi connectivity index (χ0v) is 11.8. The van der Waals surface area contributed by atoms with Crippen molar-refractivity contribution in [3.63, 3.8) is 0 Å². The maximum absolute atomic E-state index is 11.5. The molecule has 0 aromatic rings. The number of rotatable bonds is 6. The number of hydroxylamine groups is 2. The maximum Gasteiger partial charge on any atom is 0.342 e. The number of carbonyl (C=O) groups excluding carboxylic acids is 5. The second kappa shape index (κ2) is 6.53. The first-order valence-corrected chi connectivity index (χ1v) is 7.32. The van der Waals surface area contributed by atoms with E-state index in [9.17, 15) is 24.0 Å². The van der Waals surface area contributed by atoms with Gasteiger partial charge in [0.1, 0.15) is 0 Å². The van der Waals surface area contributed by atoms with Gasteiger partial charge in [-0.1, -0.05) is 0 Å². The van der Waals surface area contributed by atoms with E-state index in [2.05, 4.69) is 4.84 Å². The molecule has 2 heterocycles. The van der Waals surface area contributed by atoms with Gasteiger partial charge in [0.25, 0.3) is 23.6 Å². The number of amides is 4. The summed E-state index contributed by atoms with van der Waals surface area (Å²) in [6.07, 6.45) is 2.47. The summed E-state index contributed by atoms with van der Waals surface area (Å²) in [4.78, 5) is 62.2. The molecular formula is C12H12N2O6S. The zero-order valence-electron chi connectivity index (χ0n) is 10.9. The predicted molar refractivity (Wildman–Crippen MR) is 70.4 cm³/mol. The van der Waals surface area contributed by atoms with Crippen molar-refractivity contribution in [1.82, 2.24) is 9.96 Å². The van der Waals surface area contributed by atoms with Crippen molar-refractivity contribution in [2.45, 2.75) is 12.8 Å². The highest BCUT2D eigenvalue weighted by molar-refractivity contribution is 7.99. The molecule has 0 bridgehead atoms. The molecule has 0 aromatic heterocycles. The Kier molecular flexibility index (Phi) is 4.73.